The van der Waals surface area contributed by atoms with Crippen LogP contribution in [0.1, 0.15) is 6.92 Å². The lowest BCUT2D eigenvalue weighted by molar-refractivity contribution is 0.343. The summed E-state index contributed by atoms with van der Waals surface area (Å²) in [4.78, 5) is 3.13. The van der Waals surface area contributed by atoms with Crippen LogP contribution in [0.25, 0.3) is 16.7 Å². The van der Waals surface area contributed by atoms with Crippen LogP contribution in [0.3, 0.4) is 0 Å². The van der Waals surface area contributed by atoms with Gasteiger partial charge in [-0.15, -0.1) is 0 Å². The molecule has 0 unspecified atom stereocenters. The topological polar surface area (TPSA) is 29.9 Å². The lowest BCUT2D eigenvalue weighted by atomic mass is 10.2. The van der Waals surface area contributed by atoms with E-state index in [9.17, 15) is 4.39 Å². The van der Waals surface area contributed by atoms with Crippen LogP contribution >= 0.6 is 28.1 Å². The highest BCUT2D eigenvalue weighted by atomic mass is 79.9. The van der Waals surface area contributed by atoms with Gasteiger partial charge in [-0.1, -0.05) is 6.07 Å². The third-order valence-electron chi connectivity index (χ3n) is 3.14. The number of aromatic nitrogens is 2. The maximum Gasteiger partial charge on any atom is 0.182 e. The number of rotatable bonds is 3. The number of fused-ring (bicyclic) bond motifs is 1. The molecule has 0 saturated carbocycles. The Morgan fingerprint density at radius 2 is 2.14 bits per heavy atom. The zero-order valence-electron chi connectivity index (χ0n) is 11.2. The Kier molecular flexibility index (Phi) is 3.82. The molecule has 3 rings (SSSR count). The first-order valence-electron chi connectivity index (χ1n) is 6.43. The summed E-state index contributed by atoms with van der Waals surface area (Å²) < 4.78 is 22.1. The quantitative estimate of drug-likeness (QED) is 0.661. The fraction of sp³-hybridized carbons (Fsp3) is 0.133. The first-order valence-corrected chi connectivity index (χ1v) is 7.64. The van der Waals surface area contributed by atoms with Crippen molar-refractivity contribution in [2.24, 2.45) is 0 Å². The molecule has 0 saturated heterocycles. The summed E-state index contributed by atoms with van der Waals surface area (Å²) in [5, 5.41) is 0. The van der Waals surface area contributed by atoms with E-state index in [1.807, 2.05) is 31.2 Å². The fourth-order valence-corrected chi connectivity index (χ4v) is 2.81. The molecule has 6 heteroatoms. The van der Waals surface area contributed by atoms with Gasteiger partial charge in [0.1, 0.15) is 17.1 Å². The van der Waals surface area contributed by atoms with Gasteiger partial charge in [-0.2, -0.15) is 0 Å². The number of nitrogens with zero attached hydrogens (tertiary/aromatic N) is 1. The van der Waals surface area contributed by atoms with Gasteiger partial charge in [0.25, 0.3) is 0 Å². The molecule has 3 aromatic rings. The second kappa shape index (κ2) is 5.61. The van der Waals surface area contributed by atoms with E-state index in [2.05, 4.69) is 20.9 Å². The van der Waals surface area contributed by atoms with E-state index in [4.69, 9.17) is 17.0 Å². The summed E-state index contributed by atoms with van der Waals surface area (Å²) in [5.74, 6) is 0.405. The summed E-state index contributed by atoms with van der Waals surface area (Å²) in [6, 6.07) is 10.6. The second-order valence-electron chi connectivity index (χ2n) is 4.45. The molecule has 0 aliphatic rings. The van der Waals surface area contributed by atoms with E-state index in [1.54, 1.807) is 10.6 Å². The van der Waals surface area contributed by atoms with E-state index in [1.165, 1.54) is 6.07 Å². The van der Waals surface area contributed by atoms with Crippen molar-refractivity contribution < 1.29 is 9.13 Å². The normalized spacial score (nSPS) is 11.0. The summed E-state index contributed by atoms with van der Waals surface area (Å²) in [6.45, 7) is 2.49. The number of H-pyrrole nitrogens is 1. The van der Waals surface area contributed by atoms with E-state index in [0.29, 0.717) is 21.5 Å². The SMILES string of the molecule is CCOc1cccc2c1[nH]c(=S)n2-c1ccc(Br)c(F)c1. The standard InChI is InChI=1S/C15H12BrFN2OS/c1-2-20-13-5-3-4-12-14(13)18-15(21)19(12)9-6-7-10(16)11(17)8-9/h3-8H,2H2,1H3,(H,18,21). The Morgan fingerprint density at radius 3 is 2.86 bits per heavy atom. The van der Waals surface area contributed by atoms with Crippen LogP contribution < -0.4 is 4.74 Å². The predicted octanol–water partition coefficient (Wildman–Crippen LogP) is 4.99. The number of halogens is 2. The van der Waals surface area contributed by atoms with Crippen LogP contribution in [0.2, 0.25) is 0 Å². The van der Waals surface area contributed by atoms with Crippen LogP contribution in [0.15, 0.2) is 40.9 Å². The largest absolute Gasteiger partial charge is 0.492 e. The molecule has 0 radical (unpaired) electrons. The van der Waals surface area contributed by atoms with Gasteiger partial charge in [0.05, 0.1) is 22.3 Å². The number of hydrogen-bond acceptors (Lipinski definition) is 2. The van der Waals surface area contributed by atoms with Gasteiger partial charge in [-0.3, -0.25) is 4.57 Å². The number of ether oxygens (including phenoxy) is 1. The molecular formula is C15H12BrFN2OS. The van der Waals surface area contributed by atoms with Gasteiger partial charge in [-0.25, -0.2) is 4.39 Å². The molecule has 0 spiro atoms. The summed E-state index contributed by atoms with van der Waals surface area (Å²) in [7, 11) is 0. The molecule has 0 fully saturated rings. The van der Waals surface area contributed by atoms with Crippen molar-refractivity contribution in [2.45, 2.75) is 6.92 Å². The number of benzene rings is 2. The van der Waals surface area contributed by atoms with Crippen LogP contribution in [0, 0.1) is 10.6 Å². The van der Waals surface area contributed by atoms with E-state index < -0.39 is 0 Å². The summed E-state index contributed by atoms with van der Waals surface area (Å²) >= 11 is 8.53. The molecule has 3 nitrogen and oxygen atoms in total. The number of imidazole rings is 1. The first-order chi connectivity index (χ1) is 10.1. The summed E-state index contributed by atoms with van der Waals surface area (Å²) in [5.41, 5.74) is 2.33. The zero-order valence-corrected chi connectivity index (χ0v) is 13.6. The minimum absolute atomic E-state index is 0.329. The van der Waals surface area contributed by atoms with Gasteiger partial charge in [0, 0.05) is 0 Å². The minimum Gasteiger partial charge on any atom is -0.492 e. The van der Waals surface area contributed by atoms with Crippen LogP contribution in [-0.2, 0) is 0 Å². The zero-order chi connectivity index (χ0) is 15.0. The molecule has 0 aliphatic carbocycles. The molecule has 2 aromatic carbocycles. The van der Waals surface area contributed by atoms with Gasteiger partial charge >= 0.3 is 0 Å². The molecule has 1 aromatic heterocycles. The monoisotopic (exact) mass is 366 g/mol. The number of aromatic amines is 1. The smallest absolute Gasteiger partial charge is 0.182 e. The highest BCUT2D eigenvalue weighted by Crippen LogP contribution is 2.28. The maximum absolute atomic E-state index is 13.8. The molecule has 0 atom stereocenters. The maximum atomic E-state index is 13.8. The Morgan fingerprint density at radius 1 is 1.33 bits per heavy atom. The molecule has 1 N–H and O–H groups in total. The fourth-order valence-electron chi connectivity index (χ4n) is 2.26. The van der Waals surface area contributed by atoms with Crippen molar-refractivity contribution in [1.82, 2.24) is 9.55 Å². The van der Waals surface area contributed by atoms with Crippen molar-refractivity contribution >= 4 is 39.2 Å². The molecule has 21 heavy (non-hydrogen) atoms. The highest BCUT2D eigenvalue weighted by Gasteiger charge is 2.11. The minimum atomic E-state index is -0.329. The van der Waals surface area contributed by atoms with Crippen molar-refractivity contribution in [3.8, 4) is 11.4 Å². The van der Waals surface area contributed by atoms with Crippen molar-refractivity contribution in [1.29, 1.82) is 0 Å². The Labute approximate surface area is 134 Å². The average molecular weight is 367 g/mol. The van der Waals surface area contributed by atoms with Crippen molar-refractivity contribution in [3.63, 3.8) is 0 Å². The van der Waals surface area contributed by atoms with Crippen molar-refractivity contribution in [3.05, 3.63) is 51.5 Å². The molecular weight excluding hydrogens is 355 g/mol. The Bertz CT molecular complexity index is 872. The molecule has 0 aliphatic heterocycles. The van der Waals surface area contributed by atoms with Crippen LogP contribution in [0.5, 0.6) is 5.75 Å². The van der Waals surface area contributed by atoms with Crippen LogP contribution in [0.4, 0.5) is 4.39 Å². The lowest BCUT2D eigenvalue weighted by Crippen LogP contribution is -1.96. The van der Waals surface area contributed by atoms with E-state index >= 15 is 0 Å². The van der Waals surface area contributed by atoms with E-state index in [-0.39, 0.29) is 5.82 Å². The molecule has 0 bridgehead atoms. The number of para-hydroxylation sites is 1. The van der Waals surface area contributed by atoms with Gasteiger partial charge in [-0.05, 0) is 65.4 Å². The molecule has 0 amide bonds. The second-order valence-corrected chi connectivity index (χ2v) is 5.69. The Balaban J connectivity index is 2.27. The lowest BCUT2D eigenvalue weighted by Gasteiger charge is -2.07. The van der Waals surface area contributed by atoms with E-state index in [0.717, 1.165) is 16.8 Å². The predicted molar refractivity (Wildman–Crippen MR) is 87.3 cm³/mol. The third-order valence-corrected chi connectivity index (χ3v) is 4.07. The number of hydrogen-bond donors (Lipinski definition) is 1. The Hall–Kier alpha value is -1.66. The summed E-state index contributed by atoms with van der Waals surface area (Å²) in [6.07, 6.45) is 0. The van der Waals surface area contributed by atoms with Gasteiger partial charge in [0.2, 0.25) is 0 Å². The molecule has 1 heterocycles. The number of nitrogens with one attached hydrogen (secondary N) is 1. The van der Waals surface area contributed by atoms with Gasteiger partial charge in [0.15, 0.2) is 4.77 Å². The third kappa shape index (κ3) is 2.49. The van der Waals surface area contributed by atoms with Crippen molar-refractivity contribution in [2.75, 3.05) is 6.61 Å². The van der Waals surface area contributed by atoms with Gasteiger partial charge < -0.3 is 9.72 Å². The highest BCUT2D eigenvalue weighted by molar-refractivity contribution is 9.10. The first kappa shape index (κ1) is 14.3. The molecule has 108 valence electrons. The van der Waals surface area contributed by atoms with Crippen LogP contribution in [-0.4, -0.2) is 16.2 Å². The average Bonchev–Trinajstić information content (AvgIpc) is 2.80.